The fourth-order valence-corrected chi connectivity index (χ4v) is 3.48. The van der Waals surface area contributed by atoms with Crippen molar-refractivity contribution in [3.63, 3.8) is 0 Å². The number of anilines is 1. The van der Waals surface area contributed by atoms with Crippen molar-refractivity contribution >= 4 is 23.0 Å². The minimum atomic E-state index is -0.435. The Morgan fingerprint density at radius 2 is 1.95 bits per heavy atom. The Morgan fingerprint density at radius 3 is 2.57 bits per heavy atom. The second-order valence-corrected chi connectivity index (χ2v) is 7.34. The highest BCUT2D eigenvalue weighted by atomic mass is 35.5. The van der Waals surface area contributed by atoms with E-state index in [2.05, 4.69) is 26.1 Å². The summed E-state index contributed by atoms with van der Waals surface area (Å²) >= 11 is 5.87. The van der Waals surface area contributed by atoms with E-state index in [4.69, 9.17) is 11.6 Å². The molecule has 116 valence electrons. The molecule has 0 radical (unpaired) electrons. The molecule has 1 aliphatic carbocycles. The van der Waals surface area contributed by atoms with Crippen LogP contribution in [0.1, 0.15) is 46.5 Å². The molecule has 2 atom stereocenters. The van der Waals surface area contributed by atoms with E-state index in [0.717, 1.165) is 12.1 Å². The number of hydrogen-bond donors (Lipinski definition) is 1. The van der Waals surface area contributed by atoms with Crippen molar-refractivity contribution in [2.45, 2.75) is 52.5 Å². The number of nitrogens with one attached hydrogen (secondary N) is 1. The largest absolute Gasteiger partial charge is 0.382 e. The highest BCUT2D eigenvalue weighted by Gasteiger charge is 2.34. The van der Waals surface area contributed by atoms with Crippen molar-refractivity contribution in [1.82, 2.24) is 0 Å². The first-order valence-electron chi connectivity index (χ1n) is 7.49. The summed E-state index contributed by atoms with van der Waals surface area (Å²) in [4.78, 5) is 10.5. The summed E-state index contributed by atoms with van der Waals surface area (Å²) in [5, 5.41) is 14.7. The fraction of sp³-hybridized carbons (Fsp3) is 0.625. The quantitative estimate of drug-likeness (QED) is 0.611. The molecule has 0 saturated heterocycles. The average Bonchev–Trinajstić information content (AvgIpc) is 2.40. The molecule has 5 heteroatoms. The van der Waals surface area contributed by atoms with Crippen molar-refractivity contribution in [2.75, 3.05) is 5.32 Å². The van der Waals surface area contributed by atoms with E-state index in [1.165, 1.54) is 25.3 Å². The van der Waals surface area contributed by atoms with Crippen LogP contribution in [0.3, 0.4) is 0 Å². The summed E-state index contributed by atoms with van der Waals surface area (Å²) < 4.78 is 0. The molecule has 0 aromatic heterocycles. The van der Waals surface area contributed by atoms with Crippen LogP contribution in [0.25, 0.3) is 0 Å². The van der Waals surface area contributed by atoms with E-state index < -0.39 is 4.92 Å². The molecular formula is C16H23ClN2O2. The van der Waals surface area contributed by atoms with Crippen LogP contribution in [-0.2, 0) is 0 Å². The smallest absolute Gasteiger partial charge is 0.289 e. The Kier molecular flexibility index (Phi) is 4.77. The van der Waals surface area contributed by atoms with Crippen LogP contribution in [0.4, 0.5) is 11.4 Å². The van der Waals surface area contributed by atoms with Crippen molar-refractivity contribution in [1.29, 1.82) is 0 Å². The fourth-order valence-electron chi connectivity index (χ4n) is 3.30. The molecule has 2 unspecified atom stereocenters. The summed E-state index contributed by atoms with van der Waals surface area (Å²) in [6.07, 6.45) is 4.79. The van der Waals surface area contributed by atoms with Gasteiger partial charge in [0.15, 0.2) is 0 Å². The Balaban J connectivity index is 2.20. The third kappa shape index (κ3) is 3.88. The second-order valence-electron chi connectivity index (χ2n) is 6.93. The van der Waals surface area contributed by atoms with Crippen LogP contribution in [0.15, 0.2) is 18.2 Å². The van der Waals surface area contributed by atoms with E-state index in [1.807, 2.05) is 6.07 Å². The lowest BCUT2D eigenvalue weighted by Gasteiger charge is -2.41. The third-order valence-electron chi connectivity index (χ3n) is 4.37. The minimum Gasteiger partial charge on any atom is -0.382 e. The van der Waals surface area contributed by atoms with Gasteiger partial charge in [-0.3, -0.25) is 10.1 Å². The van der Waals surface area contributed by atoms with Crippen LogP contribution in [-0.4, -0.2) is 11.0 Å². The molecule has 4 nitrogen and oxygen atoms in total. The monoisotopic (exact) mass is 310 g/mol. The van der Waals surface area contributed by atoms with Gasteiger partial charge in [-0.2, -0.15) is 0 Å². The maximum absolute atomic E-state index is 11.0. The van der Waals surface area contributed by atoms with Gasteiger partial charge in [-0.15, -0.1) is 0 Å². The number of hydrogen-bond acceptors (Lipinski definition) is 3. The number of benzene rings is 1. The number of halogens is 1. The van der Waals surface area contributed by atoms with E-state index in [-0.39, 0.29) is 16.1 Å². The Bertz CT molecular complexity index is 525. The summed E-state index contributed by atoms with van der Waals surface area (Å²) in [6, 6.07) is 5.32. The molecule has 1 aliphatic rings. The maximum atomic E-state index is 11.0. The van der Waals surface area contributed by atoms with E-state index in [1.54, 1.807) is 6.07 Å². The van der Waals surface area contributed by atoms with Gasteiger partial charge in [0.1, 0.15) is 5.02 Å². The zero-order chi connectivity index (χ0) is 15.6. The molecule has 21 heavy (non-hydrogen) atoms. The summed E-state index contributed by atoms with van der Waals surface area (Å²) in [7, 11) is 0. The Hall–Kier alpha value is -1.29. The standard InChI is InChI=1S/C16H23ClN2O2/c1-16(2,3)12-6-4-5-7-14(12)18-11-8-9-13(17)15(10-11)19(20)21/h8-10,12,14,18H,4-7H2,1-3H3. The van der Waals surface area contributed by atoms with Gasteiger partial charge in [0.2, 0.25) is 0 Å². The highest BCUT2D eigenvalue weighted by molar-refractivity contribution is 6.32. The number of rotatable bonds is 3. The van der Waals surface area contributed by atoms with Crippen molar-refractivity contribution < 1.29 is 4.92 Å². The highest BCUT2D eigenvalue weighted by Crippen LogP contribution is 2.39. The zero-order valence-electron chi connectivity index (χ0n) is 12.9. The van der Waals surface area contributed by atoms with Gasteiger partial charge in [-0.05, 0) is 36.3 Å². The summed E-state index contributed by atoms with van der Waals surface area (Å²) in [5.41, 5.74) is 0.980. The van der Waals surface area contributed by atoms with Gasteiger partial charge < -0.3 is 5.32 Å². The first-order valence-corrected chi connectivity index (χ1v) is 7.87. The number of nitro benzene ring substituents is 1. The van der Waals surface area contributed by atoms with Gasteiger partial charge in [0.05, 0.1) is 4.92 Å². The minimum absolute atomic E-state index is 0.0372. The molecule has 1 fully saturated rings. The van der Waals surface area contributed by atoms with Crippen LogP contribution < -0.4 is 5.32 Å². The molecule has 0 aliphatic heterocycles. The molecule has 1 N–H and O–H groups in total. The maximum Gasteiger partial charge on any atom is 0.289 e. The normalized spacial score (nSPS) is 22.9. The molecule has 1 saturated carbocycles. The van der Waals surface area contributed by atoms with Gasteiger partial charge in [-0.25, -0.2) is 0 Å². The summed E-state index contributed by atoms with van der Waals surface area (Å²) in [5.74, 6) is 0.570. The van der Waals surface area contributed by atoms with E-state index in [0.29, 0.717) is 12.0 Å². The molecule has 1 aromatic carbocycles. The van der Waals surface area contributed by atoms with E-state index in [9.17, 15) is 10.1 Å². The van der Waals surface area contributed by atoms with Crippen LogP contribution in [0, 0.1) is 21.4 Å². The van der Waals surface area contributed by atoms with Crippen LogP contribution >= 0.6 is 11.6 Å². The van der Waals surface area contributed by atoms with E-state index >= 15 is 0 Å². The number of nitrogens with zero attached hydrogens (tertiary/aromatic N) is 1. The predicted molar refractivity (Wildman–Crippen MR) is 86.9 cm³/mol. The molecular weight excluding hydrogens is 288 g/mol. The first-order chi connectivity index (χ1) is 9.79. The van der Waals surface area contributed by atoms with Crippen molar-refractivity contribution in [3.8, 4) is 0 Å². The Morgan fingerprint density at radius 1 is 1.29 bits per heavy atom. The molecule has 2 rings (SSSR count). The molecule has 0 bridgehead atoms. The lowest BCUT2D eigenvalue weighted by molar-refractivity contribution is -0.384. The van der Waals surface area contributed by atoms with Gasteiger partial charge in [0, 0.05) is 17.8 Å². The first kappa shape index (κ1) is 16.1. The van der Waals surface area contributed by atoms with Gasteiger partial charge >= 0.3 is 0 Å². The molecule has 1 aromatic rings. The molecule has 0 spiro atoms. The van der Waals surface area contributed by atoms with Crippen LogP contribution in [0.2, 0.25) is 5.02 Å². The van der Waals surface area contributed by atoms with Crippen molar-refractivity contribution in [3.05, 3.63) is 33.3 Å². The molecule has 0 heterocycles. The van der Waals surface area contributed by atoms with Gasteiger partial charge in [-0.1, -0.05) is 45.2 Å². The third-order valence-corrected chi connectivity index (χ3v) is 4.69. The average molecular weight is 311 g/mol. The molecule has 0 amide bonds. The lowest BCUT2D eigenvalue weighted by atomic mass is 9.69. The van der Waals surface area contributed by atoms with Gasteiger partial charge in [0.25, 0.3) is 5.69 Å². The predicted octanol–water partition coefficient (Wildman–Crippen LogP) is 5.27. The Labute approximate surface area is 131 Å². The second kappa shape index (κ2) is 6.22. The van der Waals surface area contributed by atoms with Crippen molar-refractivity contribution in [2.24, 2.45) is 11.3 Å². The number of nitro groups is 1. The van der Waals surface area contributed by atoms with Crippen LogP contribution in [0.5, 0.6) is 0 Å². The lowest BCUT2D eigenvalue weighted by Crippen LogP contribution is -2.39. The zero-order valence-corrected chi connectivity index (χ0v) is 13.6. The topological polar surface area (TPSA) is 55.2 Å². The summed E-state index contributed by atoms with van der Waals surface area (Å²) in [6.45, 7) is 6.80. The SMILES string of the molecule is CC(C)(C)C1CCCCC1Nc1ccc(Cl)c([N+](=O)[O-])c1.